The zero-order chi connectivity index (χ0) is 10.3. The lowest BCUT2D eigenvalue weighted by atomic mass is 9.91. The van der Waals surface area contributed by atoms with E-state index in [0.29, 0.717) is 0 Å². The van der Waals surface area contributed by atoms with Crippen molar-refractivity contribution in [3.8, 4) is 5.75 Å². The molecule has 2 heteroatoms. The number of benzene rings is 1. The van der Waals surface area contributed by atoms with Gasteiger partial charge in [0.1, 0.15) is 5.75 Å². The summed E-state index contributed by atoms with van der Waals surface area (Å²) >= 11 is 1.99. The second-order valence-corrected chi connectivity index (χ2v) is 5.62. The molecule has 0 aromatic heterocycles. The molecule has 1 aromatic carbocycles. The fraction of sp³-hybridized carbons (Fsp3) is 0.538. The van der Waals surface area contributed by atoms with Gasteiger partial charge >= 0.3 is 0 Å². The number of ether oxygens (including phenoxy) is 1. The molecule has 0 saturated heterocycles. The lowest BCUT2D eigenvalue weighted by Crippen LogP contribution is -2.09. The topological polar surface area (TPSA) is 9.23 Å². The maximum absolute atomic E-state index is 5.28. The third-order valence-electron chi connectivity index (χ3n) is 3.50. The van der Waals surface area contributed by atoms with Crippen LogP contribution < -0.4 is 4.74 Å². The van der Waals surface area contributed by atoms with Crippen molar-refractivity contribution in [1.29, 1.82) is 0 Å². The zero-order valence-electron chi connectivity index (χ0n) is 9.03. The quantitative estimate of drug-likeness (QED) is 0.752. The van der Waals surface area contributed by atoms with E-state index < -0.39 is 0 Å². The van der Waals surface area contributed by atoms with E-state index in [9.17, 15) is 0 Å². The van der Waals surface area contributed by atoms with Gasteiger partial charge in [-0.25, -0.2) is 0 Å². The number of hydrogen-bond acceptors (Lipinski definition) is 2. The molecule has 80 valence electrons. The molecule has 3 rings (SSSR count). The van der Waals surface area contributed by atoms with Crippen LogP contribution in [-0.4, -0.2) is 12.9 Å². The molecule has 1 fully saturated rings. The summed E-state index contributed by atoms with van der Waals surface area (Å²) in [6.45, 7) is 0. The Balaban J connectivity index is 1.96. The minimum absolute atomic E-state index is 0.840. The van der Waals surface area contributed by atoms with Gasteiger partial charge in [-0.1, -0.05) is 6.07 Å². The first kappa shape index (κ1) is 9.59. The third-order valence-corrected chi connectivity index (χ3v) is 4.60. The van der Waals surface area contributed by atoms with Crippen molar-refractivity contribution in [3.63, 3.8) is 0 Å². The van der Waals surface area contributed by atoms with Gasteiger partial charge in [0.25, 0.3) is 0 Å². The molecule has 0 radical (unpaired) electrons. The van der Waals surface area contributed by atoms with Crippen molar-refractivity contribution in [1.82, 2.24) is 0 Å². The van der Waals surface area contributed by atoms with E-state index in [1.54, 1.807) is 12.7 Å². The minimum Gasteiger partial charge on any atom is -0.497 e. The highest BCUT2D eigenvalue weighted by atomic mass is 32.2. The zero-order valence-corrected chi connectivity index (χ0v) is 9.85. The maximum Gasteiger partial charge on any atom is 0.119 e. The summed E-state index contributed by atoms with van der Waals surface area (Å²) in [5.74, 6) is 4.10. The van der Waals surface area contributed by atoms with E-state index in [-0.39, 0.29) is 0 Å². The highest BCUT2D eigenvalue weighted by Crippen LogP contribution is 2.50. The van der Waals surface area contributed by atoms with E-state index >= 15 is 0 Å². The summed E-state index contributed by atoms with van der Waals surface area (Å²) in [6.07, 6.45) is 4.26. The average molecular weight is 220 g/mol. The minimum atomic E-state index is 0.840. The van der Waals surface area contributed by atoms with Gasteiger partial charge in [-0.05, 0) is 54.5 Å². The Hall–Kier alpha value is -0.630. The summed E-state index contributed by atoms with van der Waals surface area (Å²) in [5, 5.41) is 0. The predicted molar refractivity (Wildman–Crippen MR) is 63.8 cm³/mol. The fourth-order valence-electron chi connectivity index (χ4n) is 2.51. The van der Waals surface area contributed by atoms with Crippen molar-refractivity contribution in [3.05, 3.63) is 23.8 Å². The number of hydrogen-bond donors (Lipinski definition) is 0. The van der Waals surface area contributed by atoms with E-state index in [1.165, 1.54) is 29.9 Å². The molecule has 1 heterocycles. The maximum atomic E-state index is 5.28. The molecule has 1 atom stereocenters. The van der Waals surface area contributed by atoms with Crippen LogP contribution in [0, 0.1) is 5.92 Å². The molecule has 0 spiro atoms. The Labute approximate surface area is 95.2 Å². The van der Waals surface area contributed by atoms with E-state index in [1.807, 2.05) is 11.8 Å². The van der Waals surface area contributed by atoms with Gasteiger partial charge in [0.2, 0.25) is 0 Å². The molecule has 15 heavy (non-hydrogen) atoms. The molecule has 0 N–H and O–H groups in total. The van der Waals surface area contributed by atoms with Crippen molar-refractivity contribution in [2.45, 2.75) is 30.1 Å². The molecule has 1 nitrogen and oxygen atoms in total. The monoisotopic (exact) mass is 220 g/mol. The van der Waals surface area contributed by atoms with Gasteiger partial charge in [-0.15, -0.1) is 11.8 Å². The van der Waals surface area contributed by atoms with Crippen molar-refractivity contribution >= 4 is 11.8 Å². The van der Waals surface area contributed by atoms with Crippen molar-refractivity contribution in [2.24, 2.45) is 5.92 Å². The Kier molecular flexibility index (Phi) is 2.39. The Morgan fingerprint density at radius 3 is 2.87 bits per heavy atom. The molecule has 1 unspecified atom stereocenters. The Morgan fingerprint density at radius 1 is 1.27 bits per heavy atom. The highest BCUT2D eigenvalue weighted by molar-refractivity contribution is 7.99. The van der Waals surface area contributed by atoms with Crippen LogP contribution in [0.5, 0.6) is 5.75 Å². The summed E-state index contributed by atoms with van der Waals surface area (Å²) < 4.78 is 5.28. The SMILES string of the molecule is COc1ccc2c(c1)SCCC2C1CC1. The first-order valence-electron chi connectivity index (χ1n) is 5.69. The lowest BCUT2D eigenvalue weighted by Gasteiger charge is -2.25. The number of fused-ring (bicyclic) bond motifs is 1. The molecular formula is C13H16OS. The van der Waals surface area contributed by atoms with E-state index in [0.717, 1.165) is 17.6 Å². The third kappa shape index (κ3) is 1.76. The van der Waals surface area contributed by atoms with Crippen LogP contribution in [-0.2, 0) is 0 Å². The van der Waals surface area contributed by atoms with Crippen LogP contribution in [0.2, 0.25) is 0 Å². The van der Waals surface area contributed by atoms with Crippen LogP contribution in [0.1, 0.15) is 30.7 Å². The van der Waals surface area contributed by atoms with E-state index in [2.05, 4.69) is 18.2 Å². The standard InChI is InChI=1S/C13H16OS/c1-14-10-4-5-12-11(9-2-3-9)6-7-15-13(12)8-10/h4-5,8-9,11H,2-3,6-7H2,1H3. The second-order valence-electron chi connectivity index (χ2n) is 4.48. The smallest absolute Gasteiger partial charge is 0.119 e. The largest absolute Gasteiger partial charge is 0.497 e. The molecule has 1 aromatic rings. The van der Waals surface area contributed by atoms with Crippen LogP contribution in [0.4, 0.5) is 0 Å². The number of thioether (sulfide) groups is 1. The molecule has 1 aliphatic heterocycles. The predicted octanol–water partition coefficient (Wildman–Crippen LogP) is 3.68. The molecule has 1 aliphatic carbocycles. The highest BCUT2D eigenvalue weighted by Gasteiger charge is 2.35. The van der Waals surface area contributed by atoms with Crippen LogP contribution in [0.3, 0.4) is 0 Å². The van der Waals surface area contributed by atoms with Gasteiger partial charge in [-0.2, -0.15) is 0 Å². The van der Waals surface area contributed by atoms with Gasteiger partial charge in [0.05, 0.1) is 7.11 Å². The Morgan fingerprint density at radius 2 is 2.13 bits per heavy atom. The molecule has 0 bridgehead atoms. The average Bonchev–Trinajstić information content (AvgIpc) is 3.11. The van der Waals surface area contributed by atoms with Crippen molar-refractivity contribution < 1.29 is 4.74 Å². The molecule has 0 amide bonds. The van der Waals surface area contributed by atoms with Crippen LogP contribution >= 0.6 is 11.8 Å². The van der Waals surface area contributed by atoms with Gasteiger partial charge in [-0.3, -0.25) is 0 Å². The van der Waals surface area contributed by atoms with E-state index in [4.69, 9.17) is 4.74 Å². The van der Waals surface area contributed by atoms with Gasteiger partial charge in [0, 0.05) is 4.90 Å². The molecule has 1 saturated carbocycles. The number of rotatable bonds is 2. The number of methoxy groups -OCH3 is 1. The summed E-state index contributed by atoms with van der Waals surface area (Å²) in [6, 6.07) is 6.60. The van der Waals surface area contributed by atoms with Crippen LogP contribution in [0.25, 0.3) is 0 Å². The van der Waals surface area contributed by atoms with Crippen LogP contribution in [0.15, 0.2) is 23.1 Å². The van der Waals surface area contributed by atoms with Gasteiger partial charge < -0.3 is 4.74 Å². The lowest BCUT2D eigenvalue weighted by molar-refractivity contribution is 0.412. The van der Waals surface area contributed by atoms with Gasteiger partial charge in [0.15, 0.2) is 0 Å². The Bertz CT molecular complexity index is 371. The summed E-state index contributed by atoms with van der Waals surface area (Å²) in [5.41, 5.74) is 1.58. The normalized spacial score (nSPS) is 24.7. The fourth-order valence-corrected chi connectivity index (χ4v) is 3.69. The molecule has 2 aliphatic rings. The molecular weight excluding hydrogens is 204 g/mol. The first-order chi connectivity index (χ1) is 7.38. The van der Waals surface area contributed by atoms with Crippen molar-refractivity contribution in [2.75, 3.05) is 12.9 Å². The summed E-state index contributed by atoms with van der Waals surface area (Å²) in [4.78, 5) is 1.46. The first-order valence-corrected chi connectivity index (χ1v) is 6.68. The summed E-state index contributed by atoms with van der Waals surface area (Å²) in [7, 11) is 1.74. The second kappa shape index (κ2) is 3.75.